The maximum Gasteiger partial charge on any atom is 0.128 e. The summed E-state index contributed by atoms with van der Waals surface area (Å²) in [6.45, 7) is 2.04. The predicted octanol–water partition coefficient (Wildman–Crippen LogP) is 3.29. The summed E-state index contributed by atoms with van der Waals surface area (Å²) < 4.78 is 10.7. The molecule has 0 amide bonds. The maximum atomic E-state index is 10.6. The summed E-state index contributed by atoms with van der Waals surface area (Å²) in [7, 11) is 3.19. The third-order valence-corrected chi connectivity index (χ3v) is 3.47. The molecule has 0 spiro atoms. The maximum absolute atomic E-state index is 10.6. The van der Waals surface area contributed by atoms with E-state index in [2.05, 4.69) is 0 Å². The molecule has 0 saturated heterocycles. The van der Waals surface area contributed by atoms with Crippen molar-refractivity contribution in [3.05, 3.63) is 59.2 Å². The van der Waals surface area contributed by atoms with E-state index in [1.54, 1.807) is 14.2 Å². The van der Waals surface area contributed by atoms with Gasteiger partial charge in [0.05, 0.1) is 25.9 Å². The number of benzene rings is 2. The molecule has 0 aromatic heterocycles. The van der Waals surface area contributed by atoms with E-state index in [-0.39, 0.29) is 0 Å². The Morgan fingerprint density at radius 3 is 2.10 bits per heavy atom. The van der Waals surface area contributed by atoms with Crippen molar-refractivity contribution in [2.45, 2.75) is 19.4 Å². The molecule has 20 heavy (non-hydrogen) atoms. The minimum Gasteiger partial charge on any atom is -0.496 e. The van der Waals surface area contributed by atoms with E-state index in [1.807, 2.05) is 49.4 Å². The number of aliphatic hydroxyl groups excluding tert-OH is 1. The predicted molar refractivity (Wildman–Crippen MR) is 79.4 cm³/mol. The Hall–Kier alpha value is -2.00. The van der Waals surface area contributed by atoms with Crippen molar-refractivity contribution in [3.63, 3.8) is 0 Å². The zero-order valence-corrected chi connectivity index (χ0v) is 12.1. The standard InChI is InChI=1S/C17H20O3/c1-12-7-4-5-8-13(12)11-14(18)17-15(19-2)9-6-10-16(17)20-3/h4-10,14,18H,11H2,1-3H3. The van der Waals surface area contributed by atoms with Gasteiger partial charge in [0, 0.05) is 6.42 Å². The zero-order valence-electron chi connectivity index (χ0n) is 12.1. The van der Waals surface area contributed by atoms with Crippen LogP contribution in [0.15, 0.2) is 42.5 Å². The first kappa shape index (κ1) is 14.4. The van der Waals surface area contributed by atoms with Crippen LogP contribution in [0.25, 0.3) is 0 Å². The van der Waals surface area contributed by atoms with Crippen molar-refractivity contribution in [2.24, 2.45) is 0 Å². The molecule has 0 aliphatic heterocycles. The molecule has 2 rings (SSSR count). The van der Waals surface area contributed by atoms with Crippen LogP contribution in [0.4, 0.5) is 0 Å². The van der Waals surface area contributed by atoms with Crippen molar-refractivity contribution in [2.75, 3.05) is 14.2 Å². The summed E-state index contributed by atoms with van der Waals surface area (Å²) in [5.41, 5.74) is 2.98. The SMILES string of the molecule is COc1cccc(OC)c1C(O)Cc1ccccc1C. The molecular formula is C17H20O3. The Kier molecular flexibility index (Phi) is 4.64. The van der Waals surface area contributed by atoms with E-state index < -0.39 is 6.10 Å². The summed E-state index contributed by atoms with van der Waals surface area (Å²) in [5.74, 6) is 1.29. The smallest absolute Gasteiger partial charge is 0.128 e. The molecule has 0 aliphatic carbocycles. The summed E-state index contributed by atoms with van der Waals surface area (Å²) in [6.07, 6.45) is -0.133. The minimum absolute atomic E-state index is 0.531. The van der Waals surface area contributed by atoms with Crippen molar-refractivity contribution >= 4 is 0 Å². The number of ether oxygens (including phenoxy) is 2. The second-order valence-corrected chi connectivity index (χ2v) is 4.72. The second-order valence-electron chi connectivity index (χ2n) is 4.72. The van der Waals surface area contributed by atoms with Crippen LogP contribution in [0, 0.1) is 6.92 Å². The molecule has 0 radical (unpaired) electrons. The summed E-state index contributed by atoms with van der Waals surface area (Å²) in [4.78, 5) is 0. The lowest BCUT2D eigenvalue weighted by Crippen LogP contribution is -2.07. The third-order valence-electron chi connectivity index (χ3n) is 3.47. The van der Waals surface area contributed by atoms with Gasteiger partial charge in [-0.3, -0.25) is 0 Å². The van der Waals surface area contributed by atoms with E-state index in [9.17, 15) is 5.11 Å². The molecule has 3 nitrogen and oxygen atoms in total. The first-order valence-electron chi connectivity index (χ1n) is 6.60. The Bertz CT molecular complexity index is 556. The Labute approximate surface area is 119 Å². The van der Waals surface area contributed by atoms with Gasteiger partial charge in [-0.15, -0.1) is 0 Å². The van der Waals surface area contributed by atoms with Crippen LogP contribution in [0.5, 0.6) is 11.5 Å². The first-order chi connectivity index (χ1) is 9.67. The van der Waals surface area contributed by atoms with Crippen LogP contribution in [0.3, 0.4) is 0 Å². The number of aryl methyl sites for hydroxylation is 1. The lowest BCUT2D eigenvalue weighted by atomic mass is 9.97. The lowest BCUT2D eigenvalue weighted by Gasteiger charge is -2.18. The fourth-order valence-electron chi connectivity index (χ4n) is 2.36. The topological polar surface area (TPSA) is 38.7 Å². The number of rotatable bonds is 5. The molecule has 3 heteroatoms. The highest BCUT2D eigenvalue weighted by molar-refractivity contribution is 5.47. The highest BCUT2D eigenvalue weighted by Crippen LogP contribution is 2.35. The molecule has 0 bridgehead atoms. The van der Waals surface area contributed by atoms with Crippen molar-refractivity contribution in [1.82, 2.24) is 0 Å². The quantitative estimate of drug-likeness (QED) is 0.907. The number of hydrogen-bond acceptors (Lipinski definition) is 3. The molecule has 0 heterocycles. The first-order valence-corrected chi connectivity index (χ1v) is 6.60. The monoisotopic (exact) mass is 272 g/mol. The summed E-state index contributed by atoms with van der Waals surface area (Å²) in [6, 6.07) is 13.6. The van der Waals surface area contributed by atoms with Crippen LogP contribution < -0.4 is 9.47 Å². The van der Waals surface area contributed by atoms with Crippen LogP contribution in [-0.2, 0) is 6.42 Å². The molecule has 2 aromatic carbocycles. The van der Waals surface area contributed by atoms with E-state index in [0.29, 0.717) is 23.5 Å². The van der Waals surface area contributed by atoms with Gasteiger partial charge in [0.1, 0.15) is 11.5 Å². The average Bonchev–Trinajstić information content (AvgIpc) is 2.48. The van der Waals surface area contributed by atoms with Crippen LogP contribution in [0.2, 0.25) is 0 Å². The van der Waals surface area contributed by atoms with E-state index in [4.69, 9.17) is 9.47 Å². The van der Waals surface area contributed by atoms with Gasteiger partial charge >= 0.3 is 0 Å². The summed E-state index contributed by atoms with van der Waals surface area (Å²) >= 11 is 0. The van der Waals surface area contributed by atoms with Gasteiger partial charge in [-0.05, 0) is 30.2 Å². The van der Waals surface area contributed by atoms with Crippen molar-refractivity contribution in [3.8, 4) is 11.5 Å². The number of methoxy groups -OCH3 is 2. The molecular weight excluding hydrogens is 252 g/mol. The zero-order chi connectivity index (χ0) is 14.5. The molecule has 106 valence electrons. The normalized spacial score (nSPS) is 12.0. The second kappa shape index (κ2) is 6.44. The fraction of sp³-hybridized carbons (Fsp3) is 0.294. The largest absolute Gasteiger partial charge is 0.496 e. The van der Waals surface area contributed by atoms with Gasteiger partial charge < -0.3 is 14.6 Å². The van der Waals surface area contributed by atoms with Gasteiger partial charge in [-0.2, -0.15) is 0 Å². The minimum atomic E-state index is -0.665. The van der Waals surface area contributed by atoms with Crippen LogP contribution >= 0.6 is 0 Å². The molecule has 0 fully saturated rings. The Morgan fingerprint density at radius 2 is 1.55 bits per heavy atom. The fourth-order valence-corrected chi connectivity index (χ4v) is 2.36. The molecule has 1 atom stereocenters. The van der Waals surface area contributed by atoms with E-state index in [0.717, 1.165) is 5.56 Å². The highest BCUT2D eigenvalue weighted by atomic mass is 16.5. The van der Waals surface area contributed by atoms with Gasteiger partial charge in [-0.25, -0.2) is 0 Å². The average molecular weight is 272 g/mol. The molecule has 1 N–H and O–H groups in total. The van der Waals surface area contributed by atoms with E-state index in [1.165, 1.54) is 5.56 Å². The van der Waals surface area contributed by atoms with Gasteiger partial charge in [0.25, 0.3) is 0 Å². The van der Waals surface area contributed by atoms with Gasteiger partial charge in [0.15, 0.2) is 0 Å². The number of aliphatic hydroxyl groups is 1. The summed E-state index contributed by atoms with van der Waals surface area (Å²) in [5, 5.41) is 10.6. The number of hydrogen-bond donors (Lipinski definition) is 1. The molecule has 2 aromatic rings. The van der Waals surface area contributed by atoms with E-state index >= 15 is 0 Å². The Morgan fingerprint density at radius 1 is 0.950 bits per heavy atom. The molecule has 0 saturated carbocycles. The van der Waals surface area contributed by atoms with Crippen LogP contribution in [0.1, 0.15) is 22.8 Å². The third kappa shape index (κ3) is 2.94. The van der Waals surface area contributed by atoms with Gasteiger partial charge in [-0.1, -0.05) is 30.3 Å². The van der Waals surface area contributed by atoms with Crippen molar-refractivity contribution in [1.29, 1.82) is 0 Å². The molecule has 1 unspecified atom stereocenters. The van der Waals surface area contributed by atoms with Gasteiger partial charge in [0.2, 0.25) is 0 Å². The van der Waals surface area contributed by atoms with Crippen molar-refractivity contribution < 1.29 is 14.6 Å². The molecule has 0 aliphatic rings. The Balaban J connectivity index is 2.34. The van der Waals surface area contributed by atoms with Crippen LogP contribution in [-0.4, -0.2) is 19.3 Å². The lowest BCUT2D eigenvalue weighted by molar-refractivity contribution is 0.169. The highest BCUT2D eigenvalue weighted by Gasteiger charge is 2.19.